The molecule has 0 aromatic heterocycles. The van der Waals surface area contributed by atoms with Crippen LogP contribution in [-0.2, 0) is 24.5 Å². The lowest BCUT2D eigenvalue weighted by Gasteiger charge is -2.38. The van der Waals surface area contributed by atoms with Gasteiger partial charge in [0.05, 0.1) is 18.0 Å². The molecule has 2 aromatic carbocycles. The Morgan fingerprint density at radius 2 is 1.87 bits per heavy atom. The molecule has 10 nitrogen and oxygen atoms in total. The molecular weight excluding hydrogens is 579 g/mol. The topological polar surface area (TPSA) is 126 Å². The Hall–Kier alpha value is -3.99. The fourth-order valence-corrected chi connectivity index (χ4v) is 6.61. The number of fused-ring (bicyclic) bond motifs is 2. The second-order valence-corrected chi connectivity index (χ2v) is 12.7. The third kappa shape index (κ3) is 7.81. The second-order valence-electron chi connectivity index (χ2n) is 12.7. The zero-order valence-electron chi connectivity index (χ0n) is 26.0. The van der Waals surface area contributed by atoms with Gasteiger partial charge in [0.15, 0.2) is 0 Å². The lowest BCUT2D eigenvalue weighted by molar-refractivity contribution is -0.140. The first-order chi connectivity index (χ1) is 21.6. The van der Waals surface area contributed by atoms with Gasteiger partial charge in [-0.15, -0.1) is 0 Å². The smallest absolute Gasteiger partial charge is 0.255 e. The Balaban J connectivity index is 1.41. The monoisotopic (exact) mass is 622 g/mol. The van der Waals surface area contributed by atoms with Gasteiger partial charge in [0.25, 0.3) is 5.91 Å². The predicted molar refractivity (Wildman–Crippen MR) is 165 cm³/mol. The first-order valence-electron chi connectivity index (χ1n) is 15.9. The molecule has 3 N–H and O–H groups in total. The maximum Gasteiger partial charge on any atom is 0.255 e. The summed E-state index contributed by atoms with van der Waals surface area (Å²) >= 11 is 0. The van der Waals surface area contributed by atoms with Crippen LogP contribution < -0.4 is 20.7 Å². The summed E-state index contributed by atoms with van der Waals surface area (Å²) in [7, 11) is 0. The number of halogens is 1. The van der Waals surface area contributed by atoms with Crippen molar-refractivity contribution in [3.8, 4) is 5.75 Å². The number of hydrogen-bond acceptors (Lipinski definition) is 6. The molecule has 2 aromatic rings. The fourth-order valence-electron chi connectivity index (χ4n) is 6.61. The minimum atomic E-state index is -1.22. The molecule has 242 valence electrons. The summed E-state index contributed by atoms with van der Waals surface area (Å²) in [5.41, 5.74) is 0.399. The van der Waals surface area contributed by atoms with Gasteiger partial charge in [-0.05, 0) is 67.9 Å². The van der Waals surface area contributed by atoms with E-state index in [2.05, 4.69) is 29.8 Å². The van der Waals surface area contributed by atoms with Gasteiger partial charge in [-0.25, -0.2) is 4.39 Å². The predicted octanol–water partition coefficient (Wildman–Crippen LogP) is 3.09. The third-order valence-electron chi connectivity index (χ3n) is 9.04. The van der Waals surface area contributed by atoms with Gasteiger partial charge >= 0.3 is 0 Å². The highest BCUT2D eigenvalue weighted by molar-refractivity contribution is 6.01. The number of carbonyl (C=O) groups is 4. The fraction of sp³-hybridized carbons (Fsp3) is 0.529. The summed E-state index contributed by atoms with van der Waals surface area (Å²) in [5.74, 6) is -1.50. The first kappa shape index (κ1) is 32.4. The van der Waals surface area contributed by atoms with Crippen LogP contribution in [0.2, 0.25) is 0 Å². The van der Waals surface area contributed by atoms with Crippen molar-refractivity contribution < 1.29 is 33.0 Å². The highest BCUT2D eigenvalue weighted by atomic mass is 19.1. The molecule has 3 aliphatic heterocycles. The molecule has 3 aliphatic rings. The molecule has 0 radical (unpaired) electrons. The third-order valence-corrected chi connectivity index (χ3v) is 9.04. The van der Waals surface area contributed by atoms with Crippen molar-refractivity contribution in [2.45, 2.75) is 75.9 Å². The van der Waals surface area contributed by atoms with Crippen molar-refractivity contribution in [1.82, 2.24) is 20.9 Å². The average Bonchev–Trinajstić information content (AvgIpc) is 3.53. The molecule has 2 saturated heterocycles. The van der Waals surface area contributed by atoms with Crippen LogP contribution >= 0.6 is 0 Å². The zero-order valence-corrected chi connectivity index (χ0v) is 26.0. The second kappa shape index (κ2) is 14.4. The van der Waals surface area contributed by atoms with Crippen LogP contribution in [0, 0.1) is 11.7 Å². The molecule has 2 fully saturated rings. The molecule has 3 heterocycles. The molecule has 45 heavy (non-hydrogen) atoms. The Kier molecular flexibility index (Phi) is 10.4. The van der Waals surface area contributed by atoms with Gasteiger partial charge < -0.3 is 30.3 Å². The van der Waals surface area contributed by atoms with E-state index in [1.54, 1.807) is 30.3 Å². The standard InChI is InChI=1S/C34H43FN4O6/c1-22(2)17-25-20-45-29-11-4-3-9-26(29)31(41)38-27(19-30(40)39-14-6-10-28(39)33(43)37-25)32(42)36-21-34(12-15-44-16-13-34)23-7-5-8-24(35)18-23/h3-5,7-9,11,18,22,25,27-28H,6,10,12-17,19-21H2,1-2H3,(H,36,42)(H,37,43)(H,38,41)/t25-,27+,28+/m1/s1. The lowest BCUT2D eigenvalue weighted by atomic mass is 9.74. The normalized spacial score (nSPS) is 24.0. The molecule has 11 heteroatoms. The van der Waals surface area contributed by atoms with Crippen LogP contribution in [0.5, 0.6) is 5.75 Å². The van der Waals surface area contributed by atoms with E-state index in [-0.39, 0.29) is 54.7 Å². The number of para-hydroxylation sites is 1. The molecule has 0 aliphatic carbocycles. The van der Waals surface area contributed by atoms with Crippen LogP contribution in [0.15, 0.2) is 48.5 Å². The van der Waals surface area contributed by atoms with Crippen LogP contribution in [-0.4, -0.2) is 79.6 Å². The SMILES string of the molecule is CC(C)C[C@@H]1COc2ccccc2C(=O)N[C@H](C(=O)NCC2(c3cccc(F)c3)CCOCC2)CC(=O)N2CCC[C@H]2C(=O)N1. The molecular formula is C34H43FN4O6. The van der Waals surface area contributed by atoms with E-state index in [0.29, 0.717) is 57.6 Å². The van der Waals surface area contributed by atoms with Gasteiger partial charge in [-0.3, -0.25) is 19.2 Å². The number of hydrogen-bond donors (Lipinski definition) is 3. The van der Waals surface area contributed by atoms with Gasteiger partial charge in [0.1, 0.15) is 30.3 Å². The summed E-state index contributed by atoms with van der Waals surface area (Å²) in [6.45, 7) is 5.72. The number of benzene rings is 2. The van der Waals surface area contributed by atoms with Gasteiger partial charge in [0.2, 0.25) is 17.7 Å². The Morgan fingerprint density at radius 1 is 1.09 bits per heavy atom. The highest BCUT2D eigenvalue weighted by Crippen LogP contribution is 2.35. The van der Waals surface area contributed by atoms with Crippen molar-refractivity contribution in [3.05, 3.63) is 65.5 Å². The van der Waals surface area contributed by atoms with Gasteiger partial charge in [-0.2, -0.15) is 0 Å². The van der Waals surface area contributed by atoms with Crippen molar-refractivity contribution in [1.29, 1.82) is 0 Å². The summed E-state index contributed by atoms with van der Waals surface area (Å²) in [4.78, 5) is 56.1. The summed E-state index contributed by atoms with van der Waals surface area (Å²) in [6.07, 6.45) is 2.64. The number of ether oxygens (including phenoxy) is 2. The minimum absolute atomic E-state index is 0.144. The summed E-state index contributed by atoms with van der Waals surface area (Å²) < 4.78 is 25.9. The van der Waals surface area contributed by atoms with Gasteiger partial charge in [0, 0.05) is 31.7 Å². The molecule has 0 saturated carbocycles. The zero-order chi connectivity index (χ0) is 32.0. The van der Waals surface area contributed by atoms with Crippen molar-refractivity contribution in [2.75, 3.05) is 32.9 Å². The van der Waals surface area contributed by atoms with E-state index in [1.165, 1.54) is 17.0 Å². The van der Waals surface area contributed by atoms with Crippen molar-refractivity contribution in [3.63, 3.8) is 0 Å². The number of nitrogens with one attached hydrogen (secondary N) is 3. The highest BCUT2D eigenvalue weighted by Gasteiger charge is 2.39. The summed E-state index contributed by atoms with van der Waals surface area (Å²) in [5, 5.41) is 8.81. The number of carbonyl (C=O) groups excluding carboxylic acids is 4. The number of rotatable bonds is 6. The largest absolute Gasteiger partial charge is 0.491 e. The van der Waals surface area contributed by atoms with E-state index in [4.69, 9.17) is 9.47 Å². The van der Waals surface area contributed by atoms with E-state index in [9.17, 15) is 23.6 Å². The maximum atomic E-state index is 14.2. The van der Waals surface area contributed by atoms with Gasteiger partial charge in [-0.1, -0.05) is 38.1 Å². The molecule has 4 amide bonds. The van der Waals surface area contributed by atoms with Crippen LogP contribution in [0.25, 0.3) is 0 Å². The number of amides is 4. The first-order valence-corrected chi connectivity index (χ1v) is 15.9. The molecule has 0 bridgehead atoms. The maximum absolute atomic E-state index is 14.2. The average molecular weight is 623 g/mol. The molecule has 3 atom stereocenters. The van der Waals surface area contributed by atoms with Crippen molar-refractivity contribution >= 4 is 23.6 Å². The minimum Gasteiger partial charge on any atom is -0.491 e. The van der Waals surface area contributed by atoms with E-state index < -0.39 is 29.3 Å². The van der Waals surface area contributed by atoms with E-state index in [1.807, 2.05) is 6.07 Å². The van der Waals surface area contributed by atoms with E-state index in [0.717, 1.165) is 5.56 Å². The molecule has 5 rings (SSSR count). The van der Waals surface area contributed by atoms with Crippen molar-refractivity contribution in [2.24, 2.45) is 5.92 Å². The molecule has 0 unspecified atom stereocenters. The van der Waals surface area contributed by atoms with E-state index >= 15 is 0 Å². The Morgan fingerprint density at radius 3 is 2.62 bits per heavy atom. The lowest BCUT2D eigenvalue weighted by Crippen LogP contribution is -2.55. The number of nitrogens with zero attached hydrogens (tertiary/aromatic N) is 1. The molecule has 0 spiro atoms. The Labute approximate surface area is 263 Å². The summed E-state index contributed by atoms with van der Waals surface area (Å²) in [6, 6.07) is 10.8. The van der Waals surface area contributed by atoms with Crippen LogP contribution in [0.1, 0.15) is 68.3 Å². The van der Waals surface area contributed by atoms with Crippen LogP contribution in [0.4, 0.5) is 4.39 Å². The van der Waals surface area contributed by atoms with Crippen LogP contribution in [0.3, 0.4) is 0 Å². The Bertz CT molecular complexity index is 1390. The quantitative estimate of drug-likeness (QED) is 0.455.